The van der Waals surface area contributed by atoms with E-state index in [0.29, 0.717) is 11.6 Å². The van der Waals surface area contributed by atoms with Crippen LogP contribution >= 0.6 is 15.9 Å². The summed E-state index contributed by atoms with van der Waals surface area (Å²) >= 11 is 3.68. The van der Waals surface area contributed by atoms with Gasteiger partial charge >= 0.3 is 0 Å². The average Bonchev–Trinajstić information content (AvgIpc) is 3.27. The minimum atomic E-state index is 0.295. The summed E-state index contributed by atoms with van der Waals surface area (Å²) in [4.78, 5) is 2.62. The first-order valence-corrected chi connectivity index (χ1v) is 8.60. The zero-order valence-corrected chi connectivity index (χ0v) is 14.3. The van der Waals surface area contributed by atoms with Crippen LogP contribution in [0.3, 0.4) is 0 Å². The molecule has 1 aromatic carbocycles. The normalized spacial score (nSPS) is 30.6. The first-order chi connectivity index (χ1) is 9.53. The number of halogens is 1. The molecule has 0 amide bonds. The second-order valence-electron chi connectivity index (χ2n) is 6.70. The number of hydrogen-bond acceptors (Lipinski definition) is 2. The van der Waals surface area contributed by atoms with Gasteiger partial charge in [-0.3, -0.25) is 0 Å². The lowest BCUT2D eigenvalue weighted by Gasteiger charge is -2.48. The maximum Gasteiger partial charge on any atom is 0.0412 e. The van der Waals surface area contributed by atoms with Gasteiger partial charge in [0.2, 0.25) is 0 Å². The van der Waals surface area contributed by atoms with Crippen molar-refractivity contribution in [1.29, 1.82) is 0 Å². The maximum atomic E-state index is 3.83. The lowest BCUT2D eigenvalue weighted by molar-refractivity contribution is 0.252. The third-order valence-electron chi connectivity index (χ3n) is 5.12. The lowest BCUT2D eigenvalue weighted by atomic mass is 9.90. The summed E-state index contributed by atoms with van der Waals surface area (Å²) in [6, 6.07) is 7.40. The molecule has 1 N–H and O–H groups in total. The van der Waals surface area contributed by atoms with Crippen molar-refractivity contribution in [1.82, 2.24) is 5.32 Å². The SMILES string of the molecule is CCC1CNC(C)(C2CC2)CN1c1ccc(C)c(Br)c1. The van der Waals surface area contributed by atoms with Crippen LogP contribution in [0.2, 0.25) is 0 Å². The fraction of sp³-hybridized carbons (Fsp3) is 0.647. The Morgan fingerprint density at radius 3 is 2.75 bits per heavy atom. The van der Waals surface area contributed by atoms with Gasteiger partial charge in [-0.2, -0.15) is 0 Å². The maximum absolute atomic E-state index is 3.83. The van der Waals surface area contributed by atoms with E-state index in [9.17, 15) is 0 Å². The standard InChI is InChI=1S/C17H25BrN2/c1-4-14-10-19-17(3,13-6-7-13)11-20(14)15-8-5-12(2)16(18)9-15/h5,8-9,13-14,19H,4,6-7,10-11H2,1-3H3. The van der Waals surface area contributed by atoms with Crippen LogP contribution in [0.15, 0.2) is 22.7 Å². The Hall–Kier alpha value is -0.540. The molecule has 20 heavy (non-hydrogen) atoms. The second kappa shape index (κ2) is 5.34. The fourth-order valence-corrected chi connectivity index (χ4v) is 3.79. The van der Waals surface area contributed by atoms with E-state index in [1.54, 1.807) is 0 Å². The van der Waals surface area contributed by atoms with Gasteiger partial charge in [0.05, 0.1) is 0 Å². The molecule has 0 bridgehead atoms. The van der Waals surface area contributed by atoms with E-state index >= 15 is 0 Å². The molecule has 3 rings (SSSR count). The van der Waals surface area contributed by atoms with Crippen molar-refractivity contribution in [2.45, 2.75) is 51.6 Å². The van der Waals surface area contributed by atoms with Crippen LogP contribution in [0.1, 0.15) is 38.7 Å². The Kier molecular flexibility index (Phi) is 3.85. The van der Waals surface area contributed by atoms with Gasteiger partial charge in [-0.05, 0) is 56.7 Å². The van der Waals surface area contributed by atoms with Gasteiger partial charge in [0.1, 0.15) is 0 Å². The molecule has 2 fully saturated rings. The van der Waals surface area contributed by atoms with Crippen LogP contribution in [-0.4, -0.2) is 24.7 Å². The third-order valence-corrected chi connectivity index (χ3v) is 5.97. The zero-order valence-electron chi connectivity index (χ0n) is 12.7. The minimum Gasteiger partial charge on any atom is -0.365 e. The van der Waals surface area contributed by atoms with E-state index in [-0.39, 0.29) is 0 Å². The molecular weight excluding hydrogens is 312 g/mol. The molecule has 2 unspecified atom stereocenters. The van der Waals surface area contributed by atoms with E-state index in [1.807, 2.05) is 0 Å². The summed E-state index contributed by atoms with van der Waals surface area (Å²) < 4.78 is 1.22. The number of nitrogens with one attached hydrogen (secondary N) is 1. The molecule has 2 nitrogen and oxygen atoms in total. The number of hydrogen-bond donors (Lipinski definition) is 1. The second-order valence-corrected chi connectivity index (χ2v) is 7.55. The summed E-state index contributed by atoms with van der Waals surface area (Å²) in [5, 5.41) is 3.83. The molecule has 0 spiro atoms. The Morgan fingerprint density at radius 2 is 2.15 bits per heavy atom. The monoisotopic (exact) mass is 336 g/mol. The van der Waals surface area contributed by atoms with Gasteiger partial charge in [-0.1, -0.05) is 28.9 Å². The van der Waals surface area contributed by atoms with E-state index in [2.05, 4.69) is 65.1 Å². The van der Waals surface area contributed by atoms with Crippen LogP contribution in [0, 0.1) is 12.8 Å². The van der Waals surface area contributed by atoms with Crippen LogP contribution in [0.5, 0.6) is 0 Å². The van der Waals surface area contributed by atoms with Gasteiger partial charge in [0, 0.05) is 34.8 Å². The van der Waals surface area contributed by atoms with Gasteiger partial charge in [-0.15, -0.1) is 0 Å². The Bertz CT molecular complexity index is 498. The molecule has 1 aliphatic heterocycles. The van der Waals surface area contributed by atoms with Crippen LogP contribution < -0.4 is 10.2 Å². The smallest absolute Gasteiger partial charge is 0.0412 e. The molecule has 0 aromatic heterocycles. The Balaban J connectivity index is 1.88. The quantitative estimate of drug-likeness (QED) is 0.893. The minimum absolute atomic E-state index is 0.295. The first kappa shape index (κ1) is 14.4. The molecule has 1 heterocycles. The van der Waals surface area contributed by atoms with Crippen molar-refractivity contribution in [3.63, 3.8) is 0 Å². The first-order valence-electron chi connectivity index (χ1n) is 7.81. The van der Waals surface area contributed by atoms with Crippen molar-refractivity contribution in [3.05, 3.63) is 28.2 Å². The third kappa shape index (κ3) is 2.62. The number of benzene rings is 1. The highest BCUT2D eigenvalue weighted by Gasteiger charge is 2.45. The molecular formula is C17H25BrN2. The molecule has 2 aliphatic rings. The van der Waals surface area contributed by atoms with Gasteiger partial charge < -0.3 is 10.2 Å². The van der Waals surface area contributed by atoms with Crippen LogP contribution in [0.4, 0.5) is 5.69 Å². The van der Waals surface area contributed by atoms with Gasteiger partial charge in [0.15, 0.2) is 0 Å². The Morgan fingerprint density at radius 1 is 1.40 bits per heavy atom. The largest absolute Gasteiger partial charge is 0.365 e. The highest BCUT2D eigenvalue weighted by Crippen LogP contribution is 2.42. The average molecular weight is 337 g/mol. The molecule has 1 aromatic rings. The van der Waals surface area contributed by atoms with Crippen molar-refractivity contribution in [2.75, 3.05) is 18.0 Å². The topological polar surface area (TPSA) is 15.3 Å². The summed E-state index contributed by atoms with van der Waals surface area (Å²) in [6.07, 6.45) is 3.98. The molecule has 1 saturated carbocycles. The van der Waals surface area contributed by atoms with Crippen LogP contribution in [-0.2, 0) is 0 Å². The van der Waals surface area contributed by atoms with Gasteiger partial charge in [0.25, 0.3) is 0 Å². The van der Waals surface area contributed by atoms with Crippen molar-refractivity contribution in [2.24, 2.45) is 5.92 Å². The van der Waals surface area contributed by atoms with E-state index in [1.165, 1.54) is 35.0 Å². The van der Waals surface area contributed by atoms with Crippen molar-refractivity contribution < 1.29 is 0 Å². The molecule has 3 heteroatoms. The predicted molar refractivity (Wildman–Crippen MR) is 89.4 cm³/mol. The molecule has 1 aliphatic carbocycles. The van der Waals surface area contributed by atoms with Gasteiger partial charge in [-0.25, -0.2) is 0 Å². The molecule has 110 valence electrons. The summed E-state index contributed by atoms with van der Waals surface area (Å²) in [5.41, 5.74) is 2.97. The van der Waals surface area contributed by atoms with E-state index < -0.39 is 0 Å². The summed E-state index contributed by atoms with van der Waals surface area (Å²) in [7, 11) is 0. The molecule has 0 radical (unpaired) electrons. The number of piperazine rings is 1. The number of aryl methyl sites for hydroxylation is 1. The van der Waals surface area contributed by atoms with Crippen LogP contribution in [0.25, 0.3) is 0 Å². The lowest BCUT2D eigenvalue weighted by Crippen LogP contribution is -2.64. The Labute approximate surface area is 131 Å². The van der Waals surface area contributed by atoms with Crippen molar-refractivity contribution >= 4 is 21.6 Å². The molecule has 1 saturated heterocycles. The zero-order chi connectivity index (χ0) is 14.3. The summed E-state index contributed by atoms with van der Waals surface area (Å²) in [5.74, 6) is 0.872. The van der Waals surface area contributed by atoms with E-state index in [4.69, 9.17) is 0 Å². The molecule has 2 atom stereocenters. The number of nitrogens with zero attached hydrogens (tertiary/aromatic N) is 1. The number of anilines is 1. The highest BCUT2D eigenvalue weighted by atomic mass is 79.9. The fourth-order valence-electron chi connectivity index (χ4n) is 3.42. The van der Waals surface area contributed by atoms with E-state index in [0.717, 1.165) is 19.0 Å². The summed E-state index contributed by atoms with van der Waals surface area (Å²) in [6.45, 7) is 9.09. The highest BCUT2D eigenvalue weighted by molar-refractivity contribution is 9.10. The predicted octanol–water partition coefficient (Wildman–Crippen LogP) is 4.11. The van der Waals surface area contributed by atoms with Crippen molar-refractivity contribution in [3.8, 4) is 0 Å². The number of rotatable bonds is 3.